The number of methoxy groups -OCH3 is 1. The molecular formula is C27H21Cl2F3N4O2. The maximum Gasteiger partial charge on any atom is 0.433 e. The quantitative estimate of drug-likeness (QED) is 0.329. The Hall–Kier alpha value is -3.82. The van der Waals surface area contributed by atoms with Crippen LogP contribution >= 0.6 is 23.2 Å². The monoisotopic (exact) mass is 560 g/mol. The Morgan fingerprint density at radius 3 is 2.47 bits per heavy atom. The van der Waals surface area contributed by atoms with E-state index in [2.05, 4.69) is 20.3 Å². The molecule has 0 spiro atoms. The van der Waals surface area contributed by atoms with E-state index in [1.807, 2.05) is 6.08 Å². The normalized spacial score (nSPS) is 12.8. The molecule has 2 aromatic heterocycles. The minimum atomic E-state index is -4.53. The molecule has 1 aromatic carbocycles. The van der Waals surface area contributed by atoms with E-state index in [9.17, 15) is 13.2 Å². The molecule has 0 unspecified atom stereocenters. The van der Waals surface area contributed by atoms with Gasteiger partial charge in [-0.25, -0.2) is 9.97 Å². The number of alkyl halides is 3. The first kappa shape index (κ1) is 27.2. The van der Waals surface area contributed by atoms with Crippen LogP contribution in [0.4, 0.5) is 24.7 Å². The Kier molecular flexibility index (Phi) is 8.70. The molecule has 2 heterocycles. The van der Waals surface area contributed by atoms with Crippen LogP contribution in [0.2, 0.25) is 10.0 Å². The summed E-state index contributed by atoms with van der Waals surface area (Å²) >= 11 is 12.2. The van der Waals surface area contributed by atoms with Gasteiger partial charge in [0.1, 0.15) is 36.0 Å². The van der Waals surface area contributed by atoms with Crippen LogP contribution in [0.3, 0.4) is 0 Å². The van der Waals surface area contributed by atoms with E-state index >= 15 is 0 Å². The smallest absolute Gasteiger partial charge is 0.433 e. The van der Waals surface area contributed by atoms with E-state index in [0.29, 0.717) is 50.7 Å². The Morgan fingerprint density at radius 1 is 0.921 bits per heavy atom. The second-order valence-electron chi connectivity index (χ2n) is 7.98. The van der Waals surface area contributed by atoms with Crippen molar-refractivity contribution in [3.05, 3.63) is 111 Å². The lowest BCUT2D eigenvalue weighted by atomic mass is 10.2. The summed E-state index contributed by atoms with van der Waals surface area (Å²) in [6, 6.07) is 13.6. The third-order valence-electron chi connectivity index (χ3n) is 5.31. The van der Waals surface area contributed by atoms with Gasteiger partial charge in [-0.2, -0.15) is 13.2 Å². The number of nitrogens with one attached hydrogen (secondary N) is 1. The molecule has 3 aromatic rings. The van der Waals surface area contributed by atoms with E-state index in [4.69, 9.17) is 32.7 Å². The predicted octanol–water partition coefficient (Wildman–Crippen LogP) is 8.01. The molecule has 0 radical (unpaired) electrons. The maximum absolute atomic E-state index is 12.9. The van der Waals surface area contributed by atoms with Crippen molar-refractivity contribution in [3.63, 3.8) is 0 Å². The Labute approximate surface area is 227 Å². The third kappa shape index (κ3) is 7.14. The van der Waals surface area contributed by atoms with Crippen LogP contribution in [0.1, 0.15) is 28.9 Å². The number of hydrogen-bond acceptors (Lipinski definition) is 6. The summed E-state index contributed by atoms with van der Waals surface area (Å²) in [6.07, 6.45) is 1.97. The average molecular weight is 561 g/mol. The predicted molar refractivity (Wildman–Crippen MR) is 141 cm³/mol. The second-order valence-corrected chi connectivity index (χ2v) is 8.79. The lowest BCUT2D eigenvalue weighted by molar-refractivity contribution is -0.141. The van der Waals surface area contributed by atoms with Crippen molar-refractivity contribution >= 4 is 46.9 Å². The molecule has 196 valence electrons. The zero-order valence-electron chi connectivity index (χ0n) is 20.0. The fraction of sp³-hybridized carbons (Fsp3) is 0.148. The number of aromatic nitrogens is 3. The van der Waals surface area contributed by atoms with Crippen molar-refractivity contribution in [3.8, 4) is 0 Å². The summed E-state index contributed by atoms with van der Waals surface area (Å²) in [5.74, 6) is 1.74. The largest absolute Gasteiger partial charge is 0.501 e. The van der Waals surface area contributed by atoms with Crippen molar-refractivity contribution in [1.82, 2.24) is 15.0 Å². The number of ether oxygens (including phenoxy) is 2. The number of nitrogens with zero attached hydrogens (tertiary/aromatic N) is 3. The van der Waals surface area contributed by atoms with Gasteiger partial charge in [0.25, 0.3) is 0 Å². The van der Waals surface area contributed by atoms with E-state index in [0.717, 1.165) is 17.8 Å². The van der Waals surface area contributed by atoms with Crippen LogP contribution in [0.5, 0.6) is 0 Å². The average Bonchev–Trinajstić information content (AvgIpc) is 3.07. The molecule has 1 N–H and O–H groups in total. The number of anilines is 2. The minimum Gasteiger partial charge on any atom is -0.501 e. The lowest BCUT2D eigenvalue weighted by Crippen LogP contribution is -2.05. The zero-order chi connectivity index (χ0) is 27.1. The second kappa shape index (κ2) is 12.1. The van der Waals surface area contributed by atoms with Crippen molar-refractivity contribution < 1.29 is 22.6 Å². The summed E-state index contributed by atoms with van der Waals surface area (Å²) in [7, 11) is 1.56. The zero-order valence-corrected chi connectivity index (χ0v) is 21.5. The topological polar surface area (TPSA) is 69.2 Å². The Morgan fingerprint density at radius 2 is 1.71 bits per heavy atom. The summed E-state index contributed by atoms with van der Waals surface area (Å²) in [5, 5.41) is 4.08. The number of halogens is 5. The first-order valence-corrected chi connectivity index (χ1v) is 12.0. The van der Waals surface area contributed by atoms with Crippen LogP contribution in [-0.2, 0) is 22.3 Å². The van der Waals surface area contributed by atoms with E-state index in [1.54, 1.807) is 43.5 Å². The van der Waals surface area contributed by atoms with Gasteiger partial charge in [-0.1, -0.05) is 47.5 Å². The molecule has 0 fully saturated rings. The highest BCUT2D eigenvalue weighted by molar-refractivity contribution is 6.42. The summed E-state index contributed by atoms with van der Waals surface area (Å²) < 4.78 is 50.4. The molecule has 4 rings (SSSR count). The molecule has 11 heteroatoms. The molecule has 0 bridgehead atoms. The van der Waals surface area contributed by atoms with Gasteiger partial charge in [-0.3, -0.25) is 4.98 Å². The first-order valence-electron chi connectivity index (χ1n) is 11.2. The summed E-state index contributed by atoms with van der Waals surface area (Å²) in [4.78, 5) is 12.2. The molecule has 38 heavy (non-hydrogen) atoms. The van der Waals surface area contributed by atoms with Gasteiger partial charge in [0.05, 0.1) is 29.3 Å². The molecule has 1 aliphatic carbocycles. The molecule has 0 saturated carbocycles. The van der Waals surface area contributed by atoms with Crippen LogP contribution in [0.15, 0.2) is 78.6 Å². The van der Waals surface area contributed by atoms with Crippen molar-refractivity contribution in [2.75, 3.05) is 12.4 Å². The van der Waals surface area contributed by atoms with Gasteiger partial charge in [-0.05, 0) is 42.0 Å². The molecule has 6 nitrogen and oxygen atoms in total. The molecule has 0 saturated heterocycles. The van der Waals surface area contributed by atoms with Gasteiger partial charge < -0.3 is 14.8 Å². The van der Waals surface area contributed by atoms with E-state index in [-0.39, 0.29) is 6.61 Å². The number of fused-ring (bicyclic) bond motifs is 1. The number of hydrogen-bond donors (Lipinski definition) is 1. The van der Waals surface area contributed by atoms with Gasteiger partial charge in [0.15, 0.2) is 0 Å². The SMILES string of the molecule is COC1=Cc2c(ncnc2Nc2ccc(Cl)c(Cl)c2)C=C(OCc2ccccc(C(F)(F)F)nccc2)C1. The molecule has 1 aliphatic rings. The van der Waals surface area contributed by atoms with Gasteiger partial charge in [0.2, 0.25) is 0 Å². The maximum atomic E-state index is 12.9. The minimum absolute atomic E-state index is 0.155. The standard InChI is InChI=1S/C27H21Cl2F3N4O2/c1-37-19-12-20(38-15-17-5-2-3-7-25(27(30,31)32)33-10-4-6-17)14-24-21(13-19)26(35-16-34-24)36-18-8-9-22(28)23(29)11-18/h2-11,13-14,16H,12,15H2,1H3,(H,34,35,36). The van der Waals surface area contributed by atoms with Crippen molar-refractivity contribution in [2.45, 2.75) is 19.2 Å². The molecule has 0 atom stereocenters. The van der Waals surface area contributed by atoms with Gasteiger partial charge in [0, 0.05) is 23.5 Å². The number of benzene rings is 1. The summed E-state index contributed by atoms with van der Waals surface area (Å²) in [6.45, 7) is 0.155. The first-order chi connectivity index (χ1) is 18.2. The third-order valence-corrected chi connectivity index (χ3v) is 6.05. The Bertz CT molecular complexity index is 1420. The summed E-state index contributed by atoms with van der Waals surface area (Å²) in [5.41, 5.74) is 1.73. The Balaban J connectivity index is 1.58. The van der Waals surface area contributed by atoms with Crippen molar-refractivity contribution in [2.24, 2.45) is 0 Å². The highest BCUT2D eigenvalue weighted by Crippen LogP contribution is 2.32. The molecule has 0 amide bonds. The number of rotatable bonds is 6. The fourth-order valence-corrected chi connectivity index (χ4v) is 3.74. The van der Waals surface area contributed by atoms with Crippen LogP contribution in [0.25, 0.3) is 12.2 Å². The molecule has 0 aliphatic heterocycles. The highest BCUT2D eigenvalue weighted by atomic mass is 35.5. The molecular weight excluding hydrogens is 540 g/mol. The van der Waals surface area contributed by atoms with E-state index < -0.39 is 11.9 Å². The fourth-order valence-electron chi connectivity index (χ4n) is 3.44. The van der Waals surface area contributed by atoms with Gasteiger partial charge >= 0.3 is 6.18 Å². The van der Waals surface area contributed by atoms with Gasteiger partial charge in [-0.15, -0.1) is 0 Å². The lowest BCUT2D eigenvalue weighted by Gasteiger charge is -2.11. The van der Waals surface area contributed by atoms with E-state index in [1.165, 1.54) is 24.5 Å². The van der Waals surface area contributed by atoms with Crippen molar-refractivity contribution in [1.29, 1.82) is 0 Å². The van der Waals surface area contributed by atoms with Crippen LogP contribution in [0, 0.1) is 0 Å². The van der Waals surface area contributed by atoms with Crippen LogP contribution in [-0.4, -0.2) is 22.1 Å². The highest BCUT2D eigenvalue weighted by Gasteiger charge is 2.31. The van der Waals surface area contributed by atoms with Crippen LogP contribution < -0.4 is 5.32 Å².